The molecule has 1 N–H and O–H groups in total. The first-order valence-corrected chi connectivity index (χ1v) is 7.77. The fourth-order valence-corrected chi connectivity index (χ4v) is 2.42. The molecule has 20 heavy (non-hydrogen) atoms. The standard InChI is InChI=1S/C14H18O5S/c1-3-5-11-6-8-13(20(16,17)18)12(10-11)7-9-14(15)19-4-2/h6-10H,3-5H2,1-2H3,(H,16,17,18)/b9-7+. The fourth-order valence-electron chi connectivity index (χ4n) is 1.76. The van der Waals surface area contributed by atoms with Gasteiger partial charge in [-0.3, -0.25) is 4.55 Å². The molecule has 5 nitrogen and oxygen atoms in total. The van der Waals surface area contributed by atoms with Gasteiger partial charge in [-0.15, -0.1) is 0 Å². The highest BCUT2D eigenvalue weighted by Gasteiger charge is 2.14. The van der Waals surface area contributed by atoms with Crippen LogP contribution in [0.15, 0.2) is 29.2 Å². The van der Waals surface area contributed by atoms with E-state index in [-0.39, 0.29) is 17.1 Å². The molecule has 0 heterocycles. The summed E-state index contributed by atoms with van der Waals surface area (Å²) >= 11 is 0. The Hall–Kier alpha value is -1.66. The van der Waals surface area contributed by atoms with Gasteiger partial charge in [0.2, 0.25) is 0 Å². The van der Waals surface area contributed by atoms with Gasteiger partial charge in [-0.25, -0.2) is 4.79 Å². The van der Waals surface area contributed by atoms with Crippen molar-refractivity contribution >= 4 is 22.2 Å². The highest BCUT2D eigenvalue weighted by Crippen LogP contribution is 2.20. The van der Waals surface area contributed by atoms with Gasteiger partial charge in [-0.1, -0.05) is 25.5 Å². The van der Waals surface area contributed by atoms with Gasteiger partial charge < -0.3 is 4.74 Å². The highest BCUT2D eigenvalue weighted by atomic mass is 32.2. The smallest absolute Gasteiger partial charge is 0.330 e. The van der Waals surface area contributed by atoms with Crippen LogP contribution < -0.4 is 0 Å². The van der Waals surface area contributed by atoms with E-state index in [1.807, 2.05) is 6.92 Å². The average molecular weight is 298 g/mol. The van der Waals surface area contributed by atoms with Gasteiger partial charge >= 0.3 is 5.97 Å². The summed E-state index contributed by atoms with van der Waals surface area (Å²) in [6, 6.07) is 4.63. The third kappa shape index (κ3) is 4.79. The zero-order valence-corrected chi connectivity index (χ0v) is 12.3. The molecular weight excluding hydrogens is 280 g/mol. The second kappa shape index (κ2) is 7.21. The van der Waals surface area contributed by atoms with Gasteiger partial charge in [0.1, 0.15) is 4.90 Å². The molecule has 1 rings (SSSR count). The van der Waals surface area contributed by atoms with Crippen molar-refractivity contribution in [1.29, 1.82) is 0 Å². The molecule has 0 aliphatic carbocycles. The van der Waals surface area contributed by atoms with Crippen LogP contribution in [0.1, 0.15) is 31.4 Å². The Morgan fingerprint density at radius 2 is 2.05 bits per heavy atom. The summed E-state index contributed by atoms with van der Waals surface area (Å²) in [4.78, 5) is 11.0. The zero-order chi connectivity index (χ0) is 15.2. The van der Waals surface area contributed by atoms with Crippen LogP contribution in [0, 0.1) is 0 Å². The number of carbonyl (C=O) groups is 1. The molecule has 0 spiro atoms. The van der Waals surface area contributed by atoms with Crippen LogP contribution in [0.5, 0.6) is 0 Å². The third-order valence-electron chi connectivity index (χ3n) is 2.58. The van der Waals surface area contributed by atoms with Crippen LogP contribution >= 0.6 is 0 Å². The van der Waals surface area contributed by atoms with Crippen molar-refractivity contribution in [3.8, 4) is 0 Å². The minimum Gasteiger partial charge on any atom is -0.463 e. The van der Waals surface area contributed by atoms with Crippen molar-refractivity contribution < 1.29 is 22.5 Å². The summed E-state index contributed by atoms with van der Waals surface area (Å²) in [6.07, 6.45) is 4.17. The molecule has 6 heteroatoms. The van der Waals surface area contributed by atoms with Crippen molar-refractivity contribution in [3.05, 3.63) is 35.4 Å². The minimum atomic E-state index is -4.33. The normalized spacial score (nSPS) is 11.8. The molecule has 1 aromatic rings. The van der Waals surface area contributed by atoms with E-state index in [1.165, 1.54) is 12.1 Å². The van der Waals surface area contributed by atoms with Crippen LogP contribution in [-0.2, 0) is 26.1 Å². The summed E-state index contributed by atoms with van der Waals surface area (Å²) in [6.45, 7) is 3.92. The van der Waals surface area contributed by atoms with E-state index in [2.05, 4.69) is 0 Å². The van der Waals surface area contributed by atoms with E-state index in [4.69, 9.17) is 4.74 Å². The monoisotopic (exact) mass is 298 g/mol. The summed E-state index contributed by atoms with van der Waals surface area (Å²) in [7, 11) is -4.33. The van der Waals surface area contributed by atoms with E-state index in [9.17, 15) is 17.8 Å². The van der Waals surface area contributed by atoms with Gasteiger partial charge in [0.05, 0.1) is 6.61 Å². The van der Waals surface area contributed by atoms with E-state index in [0.717, 1.165) is 24.5 Å². The molecule has 0 saturated heterocycles. The molecule has 0 unspecified atom stereocenters. The minimum absolute atomic E-state index is 0.224. The van der Waals surface area contributed by atoms with Crippen LogP contribution in [0.3, 0.4) is 0 Å². The first-order valence-electron chi connectivity index (χ1n) is 6.33. The quantitative estimate of drug-likeness (QED) is 0.495. The highest BCUT2D eigenvalue weighted by molar-refractivity contribution is 7.85. The predicted octanol–water partition coefficient (Wildman–Crippen LogP) is 2.46. The molecule has 0 amide bonds. The summed E-state index contributed by atoms with van der Waals surface area (Å²) < 4.78 is 36.5. The Morgan fingerprint density at radius 3 is 2.60 bits per heavy atom. The molecule has 1 aromatic carbocycles. The lowest BCUT2D eigenvalue weighted by molar-refractivity contribution is -0.137. The van der Waals surface area contributed by atoms with E-state index in [0.29, 0.717) is 0 Å². The maximum Gasteiger partial charge on any atom is 0.330 e. The van der Waals surface area contributed by atoms with Crippen LogP contribution in [0.4, 0.5) is 0 Å². The Balaban J connectivity index is 3.18. The second-order valence-electron chi connectivity index (χ2n) is 4.18. The maximum atomic E-state index is 11.3. The zero-order valence-electron chi connectivity index (χ0n) is 11.5. The van der Waals surface area contributed by atoms with E-state index in [1.54, 1.807) is 19.1 Å². The lowest BCUT2D eigenvalue weighted by Crippen LogP contribution is -2.03. The molecular formula is C14H18O5S. The number of aryl methyl sites for hydroxylation is 1. The number of rotatable bonds is 6. The molecule has 0 aromatic heterocycles. The Kier molecular flexibility index (Phi) is 5.91. The predicted molar refractivity (Wildman–Crippen MR) is 75.9 cm³/mol. The van der Waals surface area contributed by atoms with E-state index < -0.39 is 16.1 Å². The molecule has 0 bridgehead atoms. The first-order chi connectivity index (χ1) is 9.38. The molecule has 0 radical (unpaired) electrons. The molecule has 0 saturated carbocycles. The number of benzene rings is 1. The van der Waals surface area contributed by atoms with Gasteiger partial charge in [0.25, 0.3) is 10.1 Å². The largest absolute Gasteiger partial charge is 0.463 e. The Morgan fingerprint density at radius 1 is 1.35 bits per heavy atom. The van der Waals surface area contributed by atoms with Crippen molar-refractivity contribution in [2.45, 2.75) is 31.6 Å². The molecule has 0 aliphatic heterocycles. The Labute approximate surface area is 119 Å². The van der Waals surface area contributed by atoms with Gasteiger partial charge in [0.15, 0.2) is 0 Å². The SMILES string of the molecule is CCCc1ccc(S(=O)(=O)O)c(/C=C/C(=O)OCC)c1. The third-order valence-corrected chi connectivity index (χ3v) is 3.50. The molecule has 0 aliphatic rings. The number of hydrogen-bond acceptors (Lipinski definition) is 4. The number of esters is 1. The Bertz CT molecular complexity index is 602. The van der Waals surface area contributed by atoms with Crippen molar-refractivity contribution in [2.75, 3.05) is 6.61 Å². The number of carbonyl (C=O) groups excluding carboxylic acids is 1. The van der Waals surface area contributed by atoms with Gasteiger partial charge in [0, 0.05) is 6.08 Å². The van der Waals surface area contributed by atoms with Gasteiger partial charge in [-0.05, 0) is 36.6 Å². The summed E-state index contributed by atoms with van der Waals surface area (Å²) in [5.41, 5.74) is 1.20. The lowest BCUT2D eigenvalue weighted by atomic mass is 10.1. The number of ether oxygens (including phenoxy) is 1. The average Bonchev–Trinajstić information content (AvgIpc) is 2.36. The molecule has 110 valence electrons. The second-order valence-corrected chi connectivity index (χ2v) is 5.57. The molecule has 0 fully saturated rings. The number of hydrogen-bond donors (Lipinski definition) is 1. The van der Waals surface area contributed by atoms with Crippen molar-refractivity contribution in [2.24, 2.45) is 0 Å². The van der Waals surface area contributed by atoms with Crippen molar-refractivity contribution in [3.63, 3.8) is 0 Å². The van der Waals surface area contributed by atoms with Gasteiger partial charge in [-0.2, -0.15) is 8.42 Å². The molecule has 0 atom stereocenters. The first kappa shape index (κ1) is 16.4. The van der Waals surface area contributed by atoms with Crippen molar-refractivity contribution in [1.82, 2.24) is 0 Å². The topological polar surface area (TPSA) is 80.7 Å². The van der Waals surface area contributed by atoms with E-state index >= 15 is 0 Å². The van der Waals surface area contributed by atoms with Crippen LogP contribution in [-0.4, -0.2) is 25.5 Å². The summed E-state index contributed by atoms with van der Waals surface area (Å²) in [5.74, 6) is -0.560. The maximum absolute atomic E-state index is 11.3. The van der Waals surface area contributed by atoms with Crippen LogP contribution in [0.25, 0.3) is 6.08 Å². The van der Waals surface area contributed by atoms with Crippen LogP contribution in [0.2, 0.25) is 0 Å². The summed E-state index contributed by atoms with van der Waals surface area (Å²) in [5, 5.41) is 0. The lowest BCUT2D eigenvalue weighted by Gasteiger charge is -2.06. The fraction of sp³-hybridized carbons (Fsp3) is 0.357.